The van der Waals surface area contributed by atoms with Gasteiger partial charge in [-0.15, -0.1) is 0 Å². The first kappa shape index (κ1) is 17.5. The van der Waals surface area contributed by atoms with Crippen molar-refractivity contribution in [2.45, 2.75) is 46.1 Å². The lowest BCUT2D eigenvalue weighted by atomic mass is 10.0. The highest BCUT2D eigenvalue weighted by Gasteiger charge is 2.14. The summed E-state index contributed by atoms with van der Waals surface area (Å²) >= 11 is 0. The van der Waals surface area contributed by atoms with E-state index >= 15 is 0 Å². The molecule has 0 fully saturated rings. The number of carbonyl (C=O) groups excluding carboxylic acids is 1. The molecule has 0 saturated heterocycles. The molecule has 2 atom stereocenters. The fourth-order valence-corrected chi connectivity index (χ4v) is 2.20. The second-order valence-corrected chi connectivity index (χ2v) is 6.19. The van der Waals surface area contributed by atoms with E-state index in [1.807, 2.05) is 47.0 Å². The van der Waals surface area contributed by atoms with Crippen LogP contribution in [-0.2, 0) is 4.79 Å². The van der Waals surface area contributed by atoms with Gasteiger partial charge in [0.1, 0.15) is 0 Å². The molecule has 1 amide bonds. The minimum absolute atomic E-state index is 0.0108. The van der Waals surface area contributed by atoms with Gasteiger partial charge in [-0.25, -0.2) is 0 Å². The molecule has 0 bridgehead atoms. The molecule has 4 heteroatoms. The Morgan fingerprint density at radius 1 is 1.29 bits per heavy atom. The second-order valence-electron chi connectivity index (χ2n) is 6.19. The molecular weight excluding hydrogens is 262 g/mol. The van der Waals surface area contributed by atoms with Gasteiger partial charge in [0.25, 0.3) is 0 Å². The molecule has 118 valence electrons. The highest BCUT2D eigenvalue weighted by molar-refractivity contribution is 5.93. The summed E-state index contributed by atoms with van der Waals surface area (Å²) in [5.41, 5.74) is 8.84. The Bertz CT molecular complexity index is 469. The minimum atomic E-state index is 0.0108. The van der Waals surface area contributed by atoms with E-state index in [9.17, 15) is 4.79 Å². The number of hydrogen-bond acceptors (Lipinski definition) is 3. The lowest BCUT2D eigenvalue weighted by molar-refractivity contribution is -0.119. The highest BCUT2D eigenvalue weighted by atomic mass is 16.1. The Kier molecular flexibility index (Phi) is 6.69. The highest BCUT2D eigenvalue weighted by Crippen LogP contribution is 2.22. The van der Waals surface area contributed by atoms with Crippen LogP contribution in [0.15, 0.2) is 18.2 Å². The van der Waals surface area contributed by atoms with E-state index in [0.717, 1.165) is 36.2 Å². The van der Waals surface area contributed by atoms with Gasteiger partial charge in [0.05, 0.1) is 0 Å². The van der Waals surface area contributed by atoms with Crippen LogP contribution in [0.4, 0.5) is 11.4 Å². The number of carbonyl (C=O) groups is 1. The summed E-state index contributed by atoms with van der Waals surface area (Å²) < 4.78 is 0. The van der Waals surface area contributed by atoms with Crippen molar-refractivity contribution < 1.29 is 4.79 Å². The van der Waals surface area contributed by atoms with Crippen molar-refractivity contribution in [1.29, 1.82) is 0 Å². The van der Waals surface area contributed by atoms with Crippen molar-refractivity contribution in [3.05, 3.63) is 23.8 Å². The van der Waals surface area contributed by atoms with Crippen LogP contribution in [0, 0.1) is 12.8 Å². The van der Waals surface area contributed by atoms with Crippen molar-refractivity contribution in [2.24, 2.45) is 11.7 Å². The summed E-state index contributed by atoms with van der Waals surface area (Å²) in [5, 5.41) is 3.03. The largest absolute Gasteiger partial charge is 0.378 e. The maximum Gasteiger partial charge on any atom is 0.227 e. The number of aryl methyl sites for hydroxylation is 1. The normalized spacial score (nSPS) is 13.6. The van der Waals surface area contributed by atoms with Crippen molar-refractivity contribution in [2.75, 3.05) is 24.3 Å². The minimum Gasteiger partial charge on any atom is -0.378 e. The Labute approximate surface area is 128 Å². The predicted octanol–water partition coefficient (Wildman–Crippen LogP) is 3.15. The molecule has 0 heterocycles. The monoisotopic (exact) mass is 291 g/mol. The van der Waals surface area contributed by atoms with E-state index in [0.29, 0.717) is 0 Å². The van der Waals surface area contributed by atoms with Gasteiger partial charge in [0.2, 0.25) is 5.91 Å². The number of rotatable bonds is 7. The van der Waals surface area contributed by atoms with E-state index in [-0.39, 0.29) is 17.9 Å². The summed E-state index contributed by atoms with van der Waals surface area (Å²) in [6.45, 7) is 5.99. The molecule has 0 aliphatic heterocycles. The summed E-state index contributed by atoms with van der Waals surface area (Å²) in [6.07, 6.45) is 2.83. The molecule has 2 unspecified atom stereocenters. The second kappa shape index (κ2) is 8.03. The van der Waals surface area contributed by atoms with Crippen LogP contribution in [0.1, 0.15) is 38.7 Å². The Morgan fingerprint density at radius 2 is 1.95 bits per heavy atom. The van der Waals surface area contributed by atoms with Crippen molar-refractivity contribution in [3.8, 4) is 0 Å². The number of anilines is 2. The van der Waals surface area contributed by atoms with Crippen molar-refractivity contribution >= 4 is 17.3 Å². The predicted molar refractivity (Wildman–Crippen MR) is 90.8 cm³/mol. The van der Waals surface area contributed by atoms with Gasteiger partial charge < -0.3 is 16.0 Å². The fraction of sp³-hybridized carbons (Fsp3) is 0.588. The maximum atomic E-state index is 12.2. The van der Waals surface area contributed by atoms with Crippen LogP contribution in [0.3, 0.4) is 0 Å². The van der Waals surface area contributed by atoms with E-state index in [4.69, 9.17) is 5.73 Å². The molecule has 0 aromatic heterocycles. The molecule has 0 saturated carbocycles. The molecule has 0 radical (unpaired) electrons. The molecule has 0 aliphatic rings. The average molecular weight is 291 g/mol. The standard InChI is InChI=1S/C17H29N3O/c1-12(7-6-8-14(3)18)17(21)19-16-10-9-15(20(4)5)11-13(16)2/h9-12,14H,6-8,18H2,1-5H3,(H,19,21). The zero-order chi connectivity index (χ0) is 16.0. The Hall–Kier alpha value is -1.55. The molecular formula is C17H29N3O. The molecule has 0 aliphatic carbocycles. The van der Waals surface area contributed by atoms with Gasteiger partial charge >= 0.3 is 0 Å². The van der Waals surface area contributed by atoms with Crippen molar-refractivity contribution in [1.82, 2.24) is 0 Å². The van der Waals surface area contributed by atoms with Gasteiger partial charge in [-0.2, -0.15) is 0 Å². The molecule has 1 aromatic rings. The van der Waals surface area contributed by atoms with Crippen molar-refractivity contribution in [3.63, 3.8) is 0 Å². The summed E-state index contributed by atoms with van der Waals surface area (Å²) in [4.78, 5) is 14.3. The van der Waals surface area contributed by atoms with E-state index in [2.05, 4.69) is 16.3 Å². The number of nitrogens with two attached hydrogens (primary N) is 1. The number of nitrogens with one attached hydrogen (secondary N) is 1. The Morgan fingerprint density at radius 3 is 2.48 bits per heavy atom. The number of benzene rings is 1. The third-order valence-electron chi connectivity index (χ3n) is 3.73. The summed E-state index contributed by atoms with van der Waals surface area (Å²) in [5.74, 6) is 0.0945. The molecule has 21 heavy (non-hydrogen) atoms. The van der Waals surface area contributed by atoms with Gasteiger partial charge in [0.15, 0.2) is 0 Å². The average Bonchev–Trinajstić information content (AvgIpc) is 2.40. The lowest BCUT2D eigenvalue weighted by Crippen LogP contribution is -2.22. The third-order valence-corrected chi connectivity index (χ3v) is 3.73. The Balaban J connectivity index is 2.58. The van der Waals surface area contributed by atoms with Crippen LogP contribution in [-0.4, -0.2) is 26.0 Å². The molecule has 1 aromatic carbocycles. The van der Waals surface area contributed by atoms with Gasteiger partial charge in [-0.3, -0.25) is 4.79 Å². The molecule has 0 spiro atoms. The van der Waals surface area contributed by atoms with Gasteiger partial charge in [0, 0.05) is 37.4 Å². The first-order valence-corrected chi connectivity index (χ1v) is 7.65. The third kappa shape index (κ3) is 5.76. The number of amides is 1. The van der Waals surface area contributed by atoms with Gasteiger partial charge in [-0.05, 0) is 50.5 Å². The van der Waals surface area contributed by atoms with E-state index in [1.54, 1.807) is 0 Å². The first-order valence-electron chi connectivity index (χ1n) is 7.65. The maximum absolute atomic E-state index is 12.2. The molecule has 1 rings (SSSR count). The first-order chi connectivity index (χ1) is 9.81. The summed E-state index contributed by atoms with van der Waals surface area (Å²) in [6, 6.07) is 6.28. The van der Waals surface area contributed by atoms with E-state index in [1.165, 1.54) is 0 Å². The number of hydrogen-bond donors (Lipinski definition) is 2. The van der Waals surface area contributed by atoms with Gasteiger partial charge in [-0.1, -0.05) is 13.3 Å². The molecule has 3 N–H and O–H groups in total. The van der Waals surface area contributed by atoms with E-state index < -0.39 is 0 Å². The van der Waals surface area contributed by atoms with Crippen LogP contribution in [0.2, 0.25) is 0 Å². The zero-order valence-corrected chi connectivity index (χ0v) is 13.9. The van der Waals surface area contributed by atoms with Crippen LogP contribution in [0.25, 0.3) is 0 Å². The lowest BCUT2D eigenvalue weighted by Gasteiger charge is -2.17. The number of nitrogens with zero attached hydrogens (tertiary/aromatic N) is 1. The fourth-order valence-electron chi connectivity index (χ4n) is 2.20. The SMILES string of the molecule is Cc1cc(N(C)C)ccc1NC(=O)C(C)CCCC(C)N. The van der Waals surface area contributed by atoms with Crippen LogP contribution >= 0.6 is 0 Å². The topological polar surface area (TPSA) is 58.4 Å². The zero-order valence-electron chi connectivity index (χ0n) is 13.9. The van der Waals surface area contributed by atoms with Crippen LogP contribution in [0.5, 0.6) is 0 Å². The summed E-state index contributed by atoms with van der Waals surface area (Å²) in [7, 11) is 4.01. The molecule has 4 nitrogen and oxygen atoms in total. The smallest absolute Gasteiger partial charge is 0.227 e. The quantitative estimate of drug-likeness (QED) is 0.811. The van der Waals surface area contributed by atoms with Crippen LogP contribution < -0.4 is 16.0 Å².